The lowest BCUT2D eigenvalue weighted by atomic mass is 10.2. The van der Waals surface area contributed by atoms with Gasteiger partial charge < -0.3 is 5.73 Å². The first-order chi connectivity index (χ1) is 7.18. The fraction of sp³-hybridized carbons (Fsp3) is 0. The van der Waals surface area contributed by atoms with E-state index in [1.807, 2.05) is 0 Å². The summed E-state index contributed by atoms with van der Waals surface area (Å²) in [4.78, 5) is 14.9. The molecule has 2 aromatic heterocycles. The van der Waals surface area contributed by atoms with E-state index in [1.165, 1.54) is 6.07 Å². The van der Waals surface area contributed by atoms with Crippen molar-refractivity contribution < 1.29 is 4.79 Å². The molecule has 0 aliphatic rings. The van der Waals surface area contributed by atoms with Gasteiger partial charge in [0, 0.05) is 6.20 Å². The minimum Gasteiger partial charge on any atom is -0.366 e. The number of hydrogen-bond donors (Lipinski definition) is 2. The van der Waals surface area contributed by atoms with Crippen LogP contribution in [0.4, 0.5) is 0 Å². The summed E-state index contributed by atoms with van der Waals surface area (Å²) in [6.45, 7) is 0. The first-order valence-corrected chi connectivity index (χ1v) is 4.52. The van der Waals surface area contributed by atoms with Crippen molar-refractivity contribution in [2.24, 2.45) is 5.73 Å². The predicted octanol–water partition coefficient (Wildman–Crippen LogP) is 1.22. The standard InChI is InChI=1S/C9H7ClN4O/c10-8-5(9(11)15)1-2-6(13-8)7-3-4-12-14-7/h1-4H,(H2,11,15)(H,12,14). The molecule has 0 radical (unpaired) electrons. The molecule has 0 aliphatic carbocycles. The van der Waals surface area contributed by atoms with Crippen LogP contribution in [0.15, 0.2) is 24.4 Å². The maximum absolute atomic E-state index is 10.9. The smallest absolute Gasteiger partial charge is 0.251 e. The number of aromatic amines is 1. The summed E-state index contributed by atoms with van der Waals surface area (Å²) in [7, 11) is 0. The third kappa shape index (κ3) is 1.82. The monoisotopic (exact) mass is 222 g/mol. The van der Waals surface area contributed by atoms with Gasteiger partial charge in [-0.25, -0.2) is 4.98 Å². The van der Waals surface area contributed by atoms with Crippen LogP contribution in [0.1, 0.15) is 10.4 Å². The van der Waals surface area contributed by atoms with Gasteiger partial charge in [0.1, 0.15) is 5.15 Å². The Hall–Kier alpha value is -1.88. The van der Waals surface area contributed by atoms with Crippen LogP contribution in [0.2, 0.25) is 5.15 Å². The number of amides is 1. The van der Waals surface area contributed by atoms with E-state index in [0.717, 1.165) is 5.69 Å². The summed E-state index contributed by atoms with van der Waals surface area (Å²) in [6.07, 6.45) is 1.60. The fourth-order valence-electron chi connectivity index (χ4n) is 1.17. The molecule has 0 aromatic carbocycles. The molecule has 0 bridgehead atoms. The third-order valence-electron chi connectivity index (χ3n) is 1.89. The number of H-pyrrole nitrogens is 1. The van der Waals surface area contributed by atoms with Crippen molar-refractivity contribution in [2.75, 3.05) is 0 Å². The molecular weight excluding hydrogens is 216 g/mol. The number of halogens is 1. The van der Waals surface area contributed by atoms with Gasteiger partial charge in [-0.3, -0.25) is 9.89 Å². The minimum atomic E-state index is -0.594. The molecule has 0 unspecified atom stereocenters. The molecular formula is C9H7ClN4O. The van der Waals surface area contributed by atoms with Crippen molar-refractivity contribution >= 4 is 17.5 Å². The van der Waals surface area contributed by atoms with Crippen LogP contribution in [0.5, 0.6) is 0 Å². The Morgan fingerprint density at radius 3 is 2.73 bits per heavy atom. The summed E-state index contributed by atoms with van der Waals surface area (Å²) in [5.41, 5.74) is 6.65. The molecule has 6 heteroatoms. The van der Waals surface area contributed by atoms with Crippen LogP contribution in [-0.4, -0.2) is 21.1 Å². The van der Waals surface area contributed by atoms with Gasteiger partial charge in [-0.05, 0) is 18.2 Å². The Balaban J connectivity index is 2.47. The highest BCUT2D eigenvalue weighted by molar-refractivity contribution is 6.32. The summed E-state index contributed by atoms with van der Waals surface area (Å²) < 4.78 is 0. The Morgan fingerprint density at radius 1 is 1.40 bits per heavy atom. The second kappa shape index (κ2) is 3.70. The van der Waals surface area contributed by atoms with Crippen LogP contribution in [0, 0.1) is 0 Å². The summed E-state index contributed by atoms with van der Waals surface area (Å²) >= 11 is 5.80. The molecule has 76 valence electrons. The molecule has 3 N–H and O–H groups in total. The highest BCUT2D eigenvalue weighted by atomic mass is 35.5. The van der Waals surface area contributed by atoms with E-state index in [4.69, 9.17) is 17.3 Å². The molecule has 1 amide bonds. The number of aromatic nitrogens is 3. The number of nitrogens with one attached hydrogen (secondary N) is 1. The number of pyridine rings is 1. The van der Waals surface area contributed by atoms with Crippen LogP contribution in [0.3, 0.4) is 0 Å². The largest absolute Gasteiger partial charge is 0.366 e. The summed E-state index contributed by atoms with van der Waals surface area (Å²) in [5.74, 6) is -0.594. The van der Waals surface area contributed by atoms with Gasteiger partial charge in [0.05, 0.1) is 17.0 Å². The van der Waals surface area contributed by atoms with Gasteiger partial charge in [-0.1, -0.05) is 11.6 Å². The van der Waals surface area contributed by atoms with Gasteiger partial charge >= 0.3 is 0 Å². The number of nitrogens with zero attached hydrogens (tertiary/aromatic N) is 2. The predicted molar refractivity (Wildman–Crippen MR) is 55.3 cm³/mol. The average molecular weight is 223 g/mol. The molecule has 0 saturated carbocycles. The van der Waals surface area contributed by atoms with Gasteiger partial charge in [-0.15, -0.1) is 0 Å². The molecule has 0 saturated heterocycles. The van der Waals surface area contributed by atoms with Crippen molar-refractivity contribution in [3.63, 3.8) is 0 Å². The maximum atomic E-state index is 10.9. The normalized spacial score (nSPS) is 10.2. The van der Waals surface area contributed by atoms with E-state index in [9.17, 15) is 4.79 Å². The second-order valence-electron chi connectivity index (χ2n) is 2.87. The van der Waals surface area contributed by atoms with Crippen molar-refractivity contribution in [3.05, 3.63) is 35.1 Å². The SMILES string of the molecule is NC(=O)c1ccc(-c2ccn[nH]2)nc1Cl. The fourth-order valence-corrected chi connectivity index (χ4v) is 1.41. The second-order valence-corrected chi connectivity index (χ2v) is 3.23. The maximum Gasteiger partial charge on any atom is 0.251 e. The molecule has 2 rings (SSSR count). The molecule has 0 fully saturated rings. The van der Waals surface area contributed by atoms with Gasteiger partial charge in [-0.2, -0.15) is 5.10 Å². The van der Waals surface area contributed by atoms with Crippen LogP contribution >= 0.6 is 11.6 Å². The van der Waals surface area contributed by atoms with E-state index in [0.29, 0.717) is 5.69 Å². The molecule has 0 spiro atoms. The Morgan fingerprint density at radius 2 is 2.20 bits per heavy atom. The van der Waals surface area contributed by atoms with E-state index >= 15 is 0 Å². The Bertz CT molecular complexity index is 495. The topological polar surface area (TPSA) is 84.7 Å². The highest BCUT2D eigenvalue weighted by Crippen LogP contribution is 2.19. The van der Waals surface area contributed by atoms with E-state index in [-0.39, 0.29) is 10.7 Å². The van der Waals surface area contributed by atoms with E-state index < -0.39 is 5.91 Å². The molecule has 2 aromatic rings. The lowest BCUT2D eigenvalue weighted by molar-refractivity contribution is 0.1000. The molecule has 0 atom stereocenters. The zero-order valence-electron chi connectivity index (χ0n) is 7.57. The number of hydrogen-bond acceptors (Lipinski definition) is 3. The van der Waals surface area contributed by atoms with Crippen LogP contribution in [0.25, 0.3) is 11.4 Å². The van der Waals surface area contributed by atoms with Crippen LogP contribution in [-0.2, 0) is 0 Å². The number of nitrogens with two attached hydrogens (primary N) is 1. The molecule has 0 aliphatic heterocycles. The van der Waals surface area contributed by atoms with Crippen molar-refractivity contribution in [1.82, 2.24) is 15.2 Å². The minimum absolute atomic E-state index is 0.0922. The average Bonchev–Trinajstić information content (AvgIpc) is 2.69. The summed E-state index contributed by atoms with van der Waals surface area (Å²) in [6, 6.07) is 4.94. The zero-order valence-corrected chi connectivity index (χ0v) is 8.32. The molecule has 5 nitrogen and oxygen atoms in total. The Labute approximate surface area is 90.3 Å². The van der Waals surface area contributed by atoms with Gasteiger partial charge in [0.2, 0.25) is 0 Å². The number of carbonyl (C=O) groups excluding carboxylic acids is 1. The number of primary amides is 1. The van der Waals surface area contributed by atoms with E-state index in [1.54, 1.807) is 18.3 Å². The van der Waals surface area contributed by atoms with Crippen molar-refractivity contribution in [2.45, 2.75) is 0 Å². The lowest BCUT2D eigenvalue weighted by Gasteiger charge is -2.01. The van der Waals surface area contributed by atoms with Gasteiger partial charge in [0.25, 0.3) is 5.91 Å². The molecule has 15 heavy (non-hydrogen) atoms. The summed E-state index contributed by atoms with van der Waals surface area (Å²) in [5, 5.41) is 6.62. The van der Waals surface area contributed by atoms with Crippen molar-refractivity contribution in [1.29, 1.82) is 0 Å². The Kier molecular flexibility index (Phi) is 2.39. The van der Waals surface area contributed by atoms with Gasteiger partial charge in [0.15, 0.2) is 0 Å². The van der Waals surface area contributed by atoms with Crippen LogP contribution < -0.4 is 5.73 Å². The first kappa shape index (κ1) is 9.67. The van der Waals surface area contributed by atoms with Crippen molar-refractivity contribution in [3.8, 4) is 11.4 Å². The third-order valence-corrected chi connectivity index (χ3v) is 2.18. The quantitative estimate of drug-likeness (QED) is 0.750. The highest BCUT2D eigenvalue weighted by Gasteiger charge is 2.09. The van der Waals surface area contributed by atoms with E-state index in [2.05, 4.69) is 15.2 Å². The molecule has 2 heterocycles. The lowest BCUT2D eigenvalue weighted by Crippen LogP contribution is -2.12. The zero-order chi connectivity index (χ0) is 10.8. The number of rotatable bonds is 2. The number of carbonyl (C=O) groups is 1. The first-order valence-electron chi connectivity index (χ1n) is 4.14.